The number of Topliss-reactive ketones (excluding diaryl/α,β-unsaturated/α-hetero) is 1. The first kappa shape index (κ1) is 20.5. The number of alkyl halides is 4. The second kappa shape index (κ2) is 9.11. The number of rotatable bonds is 8. The lowest BCUT2D eigenvalue weighted by Gasteiger charge is -2.21. The Hall–Kier alpha value is -1.50. The van der Waals surface area contributed by atoms with E-state index in [0.29, 0.717) is 0 Å². The number of nitrogens with zero attached hydrogens (tertiary/aromatic N) is 1. The zero-order valence-electron chi connectivity index (χ0n) is 13.9. The molecule has 0 saturated heterocycles. The molecule has 0 amide bonds. The third-order valence-electron chi connectivity index (χ3n) is 3.40. The van der Waals surface area contributed by atoms with Gasteiger partial charge in [0.1, 0.15) is 0 Å². The number of ketones is 1. The molecule has 0 saturated carbocycles. The van der Waals surface area contributed by atoms with Crippen LogP contribution in [-0.2, 0) is 11.0 Å². The average molecular weight is 363 g/mol. The highest BCUT2D eigenvalue weighted by molar-refractivity contribution is 8.00. The van der Waals surface area contributed by atoms with Crippen LogP contribution in [0.15, 0.2) is 30.5 Å². The summed E-state index contributed by atoms with van der Waals surface area (Å²) in [5, 5.41) is 0. The minimum absolute atomic E-state index is 0.0257. The summed E-state index contributed by atoms with van der Waals surface area (Å²) in [7, 11) is 1.75. The third-order valence-corrected chi connectivity index (χ3v) is 4.31. The topological polar surface area (TPSA) is 20.3 Å². The highest BCUT2D eigenvalue weighted by atomic mass is 32.2. The van der Waals surface area contributed by atoms with Crippen molar-refractivity contribution in [2.45, 2.75) is 26.1 Å². The van der Waals surface area contributed by atoms with Gasteiger partial charge >= 0.3 is 6.18 Å². The molecule has 0 atom stereocenters. The molecule has 24 heavy (non-hydrogen) atoms. The monoisotopic (exact) mass is 363 g/mol. The lowest BCUT2D eigenvalue weighted by molar-refractivity contribution is -0.137. The summed E-state index contributed by atoms with van der Waals surface area (Å²) < 4.78 is 50.9. The summed E-state index contributed by atoms with van der Waals surface area (Å²) in [6.45, 7) is 3.26. The van der Waals surface area contributed by atoms with Crippen molar-refractivity contribution in [3.8, 4) is 0 Å². The number of thioether (sulfide) groups is 1. The number of allylic oxidation sites excluding steroid dienone is 1. The van der Waals surface area contributed by atoms with E-state index in [1.54, 1.807) is 18.1 Å². The Morgan fingerprint density at radius 3 is 2.54 bits per heavy atom. The van der Waals surface area contributed by atoms with Gasteiger partial charge in [-0.15, -0.1) is 0 Å². The Morgan fingerprint density at radius 2 is 2.00 bits per heavy atom. The second-order valence-corrected chi connectivity index (χ2v) is 6.65. The van der Waals surface area contributed by atoms with Gasteiger partial charge in [0.15, 0.2) is 5.78 Å². The molecule has 0 spiro atoms. The van der Waals surface area contributed by atoms with Gasteiger partial charge in [0.05, 0.1) is 18.0 Å². The van der Waals surface area contributed by atoms with Crippen LogP contribution in [0.5, 0.6) is 0 Å². The molecule has 1 aromatic carbocycles. The van der Waals surface area contributed by atoms with Gasteiger partial charge in [-0.25, -0.2) is 0 Å². The molecule has 0 aliphatic heterocycles. The Bertz CT molecular complexity index is 584. The van der Waals surface area contributed by atoms with E-state index in [4.69, 9.17) is 0 Å². The predicted molar refractivity (Wildman–Crippen MR) is 90.6 cm³/mol. The number of hydrogen-bond donors (Lipinski definition) is 0. The van der Waals surface area contributed by atoms with Crippen LogP contribution in [-0.4, -0.2) is 42.0 Å². The molecule has 134 valence electrons. The van der Waals surface area contributed by atoms with Gasteiger partial charge < -0.3 is 4.90 Å². The molecule has 2 nitrogen and oxygen atoms in total. The van der Waals surface area contributed by atoms with E-state index in [1.165, 1.54) is 12.1 Å². The van der Waals surface area contributed by atoms with Crippen molar-refractivity contribution in [1.29, 1.82) is 0 Å². The number of benzene rings is 1. The van der Waals surface area contributed by atoms with E-state index in [-0.39, 0.29) is 34.5 Å². The number of hydrogen-bond acceptors (Lipinski definition) is 3. The van der Waals surface area contributed by atoms with Crippen LogP contribution in [0.4, 0.5) is 17.6 Å². The van der Waals surface area contributed by atoms with Gasteiger partial charge in [-0.05, 0) is 31.5 Å². The molecule has 0 fully saturated rings. The summed E-state index contributed by atoms with van der Waals surface area (Å²) in [5.41, 5.74) is -0.394. The molecule has 0 aromatic heterocycles. The molecule has 0 N–H and O–H groups in total. The van der Waals surface area contributed by atoms with Gasteiger partial charge in [0.25, 0.3) is 0 Å². The van der Waals surface area contributed by atoms with Gasteiger partial charge in [0, 0.05) is 30.6 Å². The van der Waals surface area contributed by atoms with Crippen LogP contribution in [0.1, 0.15) is 25.0 Å². The van der Waals surface area contributed by atoms with Crippen molar-refractivity contribution in [1.82, 2.24) is 4.90 Å². The molecule has 0 radical (unpaired) electrons. The van der Waals surface area contributed by atoms with Crippen molar-refractivity contribution in [3.05, 3.63) is 41.6 Å². The SMILES string of the molecule is CC(C)N(C)C=C(C(=O)CSCCF)c1cccc(C(F)(F)F)c1. The lowest BCUT2D eigenvalue weighted by Crippen LogP contribution is -2.22. The van der Waals surface area contributed by atoms with E-state index in [0.717, 1.165) is 23.9 Å². The van der Waals surface area contributed by atoms with Crippen LogP contribution in [0.25, 0.3) is 5.57 Å². The van der Waals surface area contributed by atoms with Crippen molar-refractivity contribution < 1.29 is 22.4 Å². The van der Waals surface area contributed by atoms with Gasteiger partial charge in [-0.1, -0.05) is 12.1 Å². The fourth-order valence-electron chi connectivity index (χ4n) is 1.82. The molecule has 0 unspecified atom stereocenters. The summed E-state index contributed by atoms with van der Waals surface area (Å²) in [5.74, 6) is -0.111. The van der Waals surface area contributed by atoms with E-state index >= 15 is 0 Å². The van der Waals surface area contributed by atoms with Crippen molar-refractivity contribution >= 4 is 23.1 Å². The van der Waals surface area contributed by atoms with Crippen LogP contribution in [0, 0.1) is 0 Å². The van der Waals surface area contributed by atoms with Gasteiger partial charge in [0.2, 0.25) is 0 Å². The van der Waals surface area contributed by atoms with Crippen LogP contribution >= 0.6 is 11.8 Å². The van der Waals surface area contributed by atoms with Crippen LogP contribution in [0.3, 0.4) is 0 Å². The van der Waals surface area contributed by atoms with Crippen LogP contribution < -0.4 is 0 Å². The molecule has 0 heterocycles. The first-order valence-corrected chi connectivity index (χ1v) is 8.60. The van der Waals surface area contributed by atoms with Crippen LogP contribution in [0.2, 0.25) is 0 Å². The first-order valence-electron chi connectivity index (χ1n) is 7.45. The number of halogens is 4. The lowest BCUT2D eigenvalue weighted by atomic mass is 10.0. The Kier molecular flexibility index (Phi) is 7.79. The smallest absolute Gasteiger partial charge is 0.377 e. The van der Waals surface area contributed by atoms with E-state index in [1.807, 2.05) is 13.8 Å². The fourth-order valence-corrected chi connectivity index (χ4v) is 2.41. The maximum absolute atomic E-state index is 12.9. The minimum Gasteiger partial charge on any atom is -0.377 e. The van der Waals surface area contributed by atoms with Crippen molar-refractivity contribution in [3.63, 3.8) is 0 Å². The van der Waals surface area contributed by atoms with E-state index in [2.05, 4.69) is 0 Å². The minimum atomic E-state index is -4.48. The Labute approximate surface area is 143 Å². The first-order chi connectivity index (χ1) is 11.2. The molecule has 0 aliphatic rings. The zero-order chi connectivity index (χ0) is 18.3. The Balaban J connectivity index is 3.20. The second-order valence-electron chi connectivity index (χ2n) is 5.55. The standard InChI is InChI=1S/C17H21F4NOS/c1-12(2)22(3)10-15(16(23)11-24-8-7-18)13-5-4-6-14(9-13)17(19,20)21/h4-6,9-10,12H,7-8,11H2,1-3H3. The van der Waals surface area contributed by atoms with Crippen molar-refractivity contribution in [2.75, 3.05) is 25.2 Å². The summed E-state index contributed by atoms with van der Waals surface area (Å²) in [6, 6.07) is 4.78. The quantitative estimate of drug-likeness (QED) is 0.381. The highest BCUT2D eigenvalue weighted by Gasteiger charge is 2.31. The largest absolute Gasteiger partial charge is 0.416 e. The highest BCUT2D eigenvalue weighted by Crippen LogP contribution is 2.31. The molecule has 7 heteroatoms. The van der Waals surface area contributed by atoms with Gasteiger partial charge in [-0.2, -0.15) is 24.9 Å². The summed E-state index contributed by atoms with van der Waals surface area (Å²) in [6.07, 6.45) is -2.92. The molecular formula is C17H21F4NOS. The third kappa shape index (κ3) is 6.19. The maximum Gasteiger partial charge on any atom is 0.416 e. The normalized spacial score (nSPS) is 12.6. The Morgan fingerprint density at radius 1 is 1.33 bits per heavy atom. The van der Waals surface area contributed by atoms with Crippen molar-refractivity contribution in [2.24, 2.45) is 0 Å². The average Bonchev–Trinajstić information content (AvgIpc) is 2.51. The molecule has 0 bridgehead atoms. The molecule has 1 aromatic rings. The van der Waals surface area contributed by atoms with E-state index in [9.17, 15) is 22.4 Å². The molecule has 0 aliphatic carbocycles. The zero-order valence-corrected chi connectivity index (χ0v) is 14.7. The molecule has 1 rings (SSSR count). The maximum atomic E-state index is 12.9. The number of carbonyl (C=O) groups excluding carboxylic acids is 1. The van der Waals surface area contributed by atoms with E-state index < -0.39 is 18.4 Å². The number of carbonyl (C=O) groups is 1. The summed E-state index contributed by atoms with van der Waals surface area (Å²) >= 11 is 1.12. The fraction of sp³-hybridized carbons (Fsp3) is 0.471. The van der Waals surface area contributed by atoms with Gasteiger partial charge in [-0.3, -0.25) is 9.18 Å². The predicted octanol–water partition coefficient (Wildman–Crippen LogP) is 4.66. The summed E-state index contributed by atoms with van der Waals surface area (Å²) in [4.78, 5) is 14.2. The molecular weight excluding hydrogens is 342 g/mol.